The fourth-order valence-corrected chi connectivity index (χ4v) is 6.25. The number of aryl methyl sites for hydroxylation is 1. The number of ether oxygens (including phenoxy) is 1. The van der Waals surface area contributed by atoms with Crippen molar-refractivity contribution in [2.45, 2.75) is 44.6 Å². The third kappa shape index (κ3) is 4.79. The molecule has 5 rings (SSSR count). The van der Waals surface area contributed by atoms with Crippen LogP contribution < -0.4 is 9.64 Å². The molecule has 8 nitrogen and oxygen atoms in total. The fraction of sp³-hybridized carbons (Fsp3) is 0.370. The molecule has 0 amide bonds. The normalized spacial score (nSPS) is 16.9. The average Bonchev–Trinajstić information content (AvgIpc) is 2.88. The number of hydrogen-bond acceptors (Lipinski definition) is 7. The van der Waals surface area contributed by atoms with E-state index in [0.29, 0.717) is 35.5 Å². The van der Waals surface area contributed by atoms with Crippen LogP contribution in [0.15, 0.2) is 53.4 Å². The van der Waals surface area contributed by atoms with Gasteiger partial charge in [-0.05, 0) is 55.5 Å². The molecule has 0 unspecified atom stereocenters. The summed E-state index contributed by atoms with van der Waals surface area (Å²) in [6, 6.07) is 16.0. The number of benzene rings is 2. The number of aromatic nitrogens is 2. The monoisotopic (exact) mass is 503 g/mol. The molecule has 3 heterocycles. The van der Waals surface area contributed by atoms with Crippen molar-refractivity contribution in [1.29, 1.82) is 5.26 Å². The highest BCUT2D eigenvalue weighted by Crippen LogP contribution is 2.34. The molecule has 9 heteroatoms. The smallest absolute Gasteiger partial charge is 0.244 e. The molecule has 1 saturated heterocycles. The minimum Gasteiger partial charge on any atom is -0.438 e. The number of nitriles is 1. The van der Waals surface area contributed by atoms with Crippen molar-refractivity contribution in [1.82, 2.24) is 14.3 Å². The van der Waals surface area contributed by atoms with E-state index in [1.54, 1.807) is 12.1 Å². The van der Waals surface area contributed by atoms with Crippen molar-refractivity contribution in [3.05, 3.63) is 70.9 Å². The summed E-state index contributed by atoms with van der Waals surface area (Å²) in [6.45, 7) is 6.37. The maximum Gasteiger partial charge on any atom is 0.244 e. The number of sulfonamides is 1. The summed E-state index contributed by atoms with van der Waals surface area (Å²) in [4.78, 5) is 11.9. The van der Waals surface area contributed by atoms with Crippen LogP contribution >= 0.6 is 0 Å². The van der Waals surface area contributed by atoms with E-state index < -0.39 is 10.0 Å². The van der Waals surface area contributed by atoms with Gasteiger partial charge in [0, 0.05) is 32.6 Å². The van der Waals surface area contributed by atoms with E-state index in [0.717, 1.165) is 37.2 Å². The molecule has 0 aliphatic carbocycles. The molecule has 2 aliphatic heterocycles. The molecule has 2 aromatic carbocycles. The number of rotatable bonds is 5. The van der Waals surface area contributed by atoms with Crippen molar-refractivity contribution < 1.29 is 13.2 Å². The molecule has 186 valence electrons. The van der Waals surface area contributed by atoms with Crippen molar-refractivity contribution in [2.24, 2.45) is 5.92 Å². The van der Waals surface area contributed by atoms with Gasteiger partial charge < -0.3 is 9.64 Å². The maximum atomic E-state index is 13.5. The van der Waals surface area contributed by atoms with Crippen LogP contribution in [0.3, 0.4) is 0 Å². The molecule has 3 aromatic rings. The summed E-state index contributed by atoms with van der Waals surface area (Å²) < 4.78 is 34.7. The lowest BCUT2D eigenvalue weighted by Crippen LogP contribution is -2.38. The van der Waals surface area contributed by atoms with E-state index in [4.69, 9.17) is 14.7 Å². The molecule has 0 atom stereocenters. The second kappa shape index (κ2) is 9.88. The Morgan fingerprint density at radius 1 is 1.06 bits per heavy atom. The van der Waals surface area contributed by atoms with Gasteiger partial charge in [-0.3, -0.25) is 0 Å². The Hall–Kier alpha value is -3.48. The zero-order valence-corrected chi connectivity index (χ0v) is 21.3. The molecule has 36 heavy (non-hydrogen) atoms. The highest BCUT2D eigenvalue weighted by molar-refractivity contribution is 7.89. The van der Waals surface area contributed by atoms with Crippen molar-refractivity contribution in [3.63, 3.8) is 0 Å². The summed E-state index contributed by atoms with van der Waals surface area (Å²) in [5.74, 6) is 2.34. The van der Waals surface area contributed by atoms with Crippen LogP contribution in [0.4, 0.5) is 5.95 Å². The van der Waals surface area contributed by atoms with E-state index in [9.17, 15) is 13.7 Å². The fourth-order valence-electron chi connectivity index (χ4n) is 4.70. The number of fused-ring (bicyclic) bond motifs is 1. The summed E-state index contributed by atoms with van der Waals surface area (Å²) in [5.41, 5.74) is 2.65. The van der Waals surface area contributed by atoms with Gasteiger partial charge in [-0.1, -0.05) is 31.2 Å². The zero-order chi connectivity index (χ0) is 25.3. The molecular formula is C27H29N5O3S. The first kappa shape index (κ1) is 24.2. The lowest BCUT2D eigenvalue weighted by atomic mass is 9.99. The number of piperidine rings is 1. The lowest BCUT2D eigenvalue weighted by molar-refractivity contribution is 0.368. The van der Waals surface area contributed by atoms with Crippen LogP contribution in [0.5, 0.6) is 11.6 Å². The second-order valence-corrected chi connectivity index (χ2v) is 11.4. The average molecular weight is 504 g/mol. The Kier molecular flexibility index (Phi) is 6.65. The Morgan fingerprint density at radius 2 is 1.83 bits per heavy atom. The summed E-state index contributed by atoms with van der Waals surface area (Å²) in [6.07, 6.45) is 2.60. The Bertz CT molecular complexity index is 1430. The van der Waals surface area contributed by atoms with Gasteiger partial charge in [0.25, 0.3) is 0 Å². The Labute approximate surface area is 212 Å². The van der Waals surface area contributed by atoms with Crippen molar-refractivity contribution in [2.75, 3.05) is 24.5 Å². The largest absolute Gasteiger partial charge is 0.438 e. The quantitative estimate of drug-likeness (QED) is 0.508. The molecule has 0 N–H and O–H groups in total. The maximum absolute atomic E-state index is 13.5. The van der Waals surface area contributed by atoms with Gasteiger partial charge in [0.15, 0.2) is 0 Å². The van der Waals surface area contributed by atoms with E-state index in [2.05, 4.69) is 11.8 Å². The zero-order valence-electron chi connectivity index (χ0n) is 20.5. The van der Waals surface area contributed by atoms with Crippen molar-refractivity contribution in [3.8, 4) is 17.7 Å². The second-order valence-electron chi connectivity index (χ2n) is 9.54. The van der Waals surface area contributed by atoms with Crippen LogP contribution in [-0.4, -0.2) is 42.3 Å². The first-order chi connectivity index (χ1) is 17.3. The van der Waals surface area contributed by atoms with Crippen LogP contribution in [0.1, 0.15) is 42.1 Å². The Balaban J connectivity index is 1.53. The highest BCUT2D eigenvalue weighted by Gasteiger charge is 2.34. The minimum atomic E-state index is -3.89. The van der Waals surface area contributed by atoms with Crippen molar-refractivity contribution >= 4 is 16.0 Å². The van der Waals surface area contributed by atoms with Gasteiger partial charge in [0.2, 0.25) is 21.9 Å². The third-order valence-electron chi connectivity index (χ3n) is 6.87. The van der Waals surface area contributed by atoms with Gasteiger partial charge in [-0.25, -0.2) is 13.4 Å². The standard InChI is InChI=1S/C27H29N5O3S/c1-19-10-13-31(14-11-19)27-29-24-12-15-32(36(33,34)25-9-4-3-7-21(25)17-28)18-23(24)26(30-27)35-22-8-5-6-20(2)16-22/h3-9,16,19H,10-15,18H2,1-2H3. The van der Waals surface area contributed by atoms with Crippen LogP contribution in [0.2, 0.25) is 0 Å². The Morgan fingerprint density at radius 3 is 2.58 bits per heavy atom. The topological polar surface area (TPSA) is 99.4 Å². The summed E-state index contributed by atoms with van der Waals surface area (Å²) in [5, 5.41) is 9.46. The van der Waals surface area contributed by atoms with Gasteiger partial charge in [-0.15, -0.1) is 0 Å². The molecule has 0 saturated carbocycles. The van der Waals surface area contributed by atoms with Gasteiger partial charge in [0.1, 0.15) is 11.8 Å². The van der Waals surface area contributed by atoms with E-state index in [1.165, 1.54) is 16.4 Å². The lowest BCUT2D eigenvalue weighted by Gasteiger charge is -2.33. The molecule has 0 radical (unpaired) electrons. The first-order valence-electron chi connectivity index (χ1n) is 12.2. The molecule has 0 bridgehead atoms. The first-order valence-corrected chi connectivity index (χ1v) is 13.7. The molecule has 1 aromatic heterocycles. The van der Waals surface area contributed by atoms with Gasteiger partial charge in [0.05, 0.1) is 21.7 Å². The van der Waals surface area contributed by atoms with E-state index in [-0.39, 0.29) is 23.5 Å². The van der Waals surface area contributed by atoms with Crippen LogP contribution in [0.25, 0.3) is 0 Å². The van der Waals surface area contributed by atoms with Crippen LogP contribution in [-0.2, 0) is 23.0 Å². The predicted octanol–water partition coefficient (Wildman–Crippen LogP) is 4.43. The van der Waals surface area contributed by atoms with E-state index in [1.807, 2.05) is 37.3 Å². The molecule has 0 spiro atoms. The van der Waals surface area contributed by atoms with E-state index >= 15 is 0 Å². The molecular weight excluding hydrogens is 474 g/mol. The third-order valence-corrected chi connectivity index (χ3v) is 8.77. The number of hydrogen-bond donors (Lipinski definition) is 0. The number of nitrogens with zero attached hydrogens (tertiary/aromatic N) is 5. The number of anilines is 1. The molecule has 1 fully saturated rings. The van der Waals surface area contributed by atoms with Gasteiger partial charge >= 0.3 is 0 Å². The summed E-state index contributed by atoms with van der Waals surface area (Å²) in [7, 11) is -3.89. The predicted molar refractivity (Wildman–Crippen MR) is 136 cm³/mol. The minimum absolute atomic E-state index is 0.0112. The molecule has 2 aliphatic rings. The van der Waals surface area contributed by atoms with Crippen LogP contribution in [0, 0.1) is 24.2 Å². The SMILES string of the molecule is Cc1cccc(Oc2nc(N3CCC(C)CC3)nc3c2CN(S(=O)(=O)c2ccccc2C#N)CC3)c1. The van der Waals surface area contributed by atoms with Gasteiger partial charge in [-0.2, -0.15) is 14.6 Å². The highest BCUT2D eigenvalue weighted by atomic mass is 32.2. The summed E-state index contributed by atoms with van der Waals surface area (Å²) >= 11 is 0.